The van der Waals surface area contributed by atoms with Gasteiger partial charge in [0.2, 0.25) is 5.91 Å². The summed E-state index contributed by atoms with van der Waals surface area (Å²) >= 11 is 0. The van der Waals surface area contributed by atoms with E-state index in [-0.39, 0.29) is 12.5 Å². The molecule has 2 aliphatic rings. The molecule has 2 rings (SSSR count). The van der Waals surface area contributed by atoms with Gasteiger partial charge in [-0.15, -0.1) is 0 Å². The Morgan fingerprint density at radius 3 is 1.22 bits per heavy atom. The smallest absolute Gasteiger partial charge is 0.220 e. The van der Waals surface area contributed by atoms with Crippen LogP contribution in [0.5, 0.6) is 0 Å². The summed E-state index contributed by atoms with van der Waals surface area (Å²) in [6.07, 6.45) is 59.4. The van der Waals surface area contributed by atoms with Gasteiger partial charge in [0.15, 0.2) is 12.6 Å². The second-order valence-corrected chi connectivity index (χ2v) is 25.3. The number of aliphatic hydroxyl groups excluding tert-OH is 8. The average molecular weight is 1230 g/mol. The van der Waals surface area contributed by atoms with Crippen LogP contribution in [-0.2, 0) is 23.7 Å². The van der Waals surface area contributed by atoms with Gasteiger partial charge in [-0.1, -0.05) is 299 Å². The molecule has 2 heterocycles. The van der Waals surface area contributed by atoms with Gasteiger partial charge in [0.25, 0.3) is 0 Å². The zero-order valence-electron chi connectivity index (χ0n) is 55.3. The zero-order valence-corrected chi connectivity index (χ0v) is 55.3. The number of hydrogen-bond donors (Lipinski definition) is 9. The second-order valence-electron chi connectivity index (χ2n) is 25.3. The van der Waals surface area contributed by atoms with Gasteiger partial charge in [0, 0.05) is 6.42 Å². The van der Waals surface area contributed by atoms with E-state index in [0.29, 0.717) is 12.8 Å². The molecule has 0 radical (unpaired) electrons. The lowest BCUT2D eigenvalue weighted by molar-refractivity contribution is -0.359. The molecule has 0 spiro atoms. The Kier molecular flexibility index (Phi) is 53.5. The van der Waals surface area contributed by atoms with E-state index < -0.39 is 86.8 Å². The normalized spacial score (nSPS) is 23.6. The van der Waals surface area contributed by atoms with Gasteiger partial charge in [0.1, 0.15) is 48.8 Å². The van der Waals surface area contributed by atoms with E-state index in [4.69, 9.17) is 18.9 Å². The van der Waals surface area contributed by atoms with E-state index >= 15 is 0 Å². The van der Waals surface area contributed by atoms with Gasteiger partial charge in [-0.3, -0.25) is 4.79 Å². The van der Waals surface area contributed by atoms with Crippen molar-refractivity contribution >= 4 is 5.91 Å². The highest BCUT2D eigenvalue weighted by molar-refractivity contribution is 5.76. The molecule has 2 saturated heterocycles. The van der Waals surface area contributed by atoms with Gasteiger partial charge in [-0.2, -0.15) is 0 Å². The molecule has 0 aromatic heterocycles. The molecule has 12 atom stereocenters. The monoisotopic (exact) mass is 1230 g/mol. The van der Waals surface area contributed by atoms with Crippen molar-refractivity contribution < 1.29 is 64.6 Å². The molecular formula is C73H133NO13. The van der Waals surface area contributed by atoms with Crippen LogP contribution in [0.4, 0.5) is 0 Å². The molecule has 0 bridgehead atoms. The molecule has 0 aromatic carbocycles. The molecule has 12 unspecified atom stereocenters. The molecule has 0 aromatic rings. The first kappa shape index (κ1) is 80.8. The van der Waals surface area contributed by atoms with Gasteiger partial charge in [-0.05, 0) is 57.8 Å². The molecular weight excluding hydrogens is 1100 g/mol. The molecule has 2 fully saturated rings. The summed E-state index contributed by atoms with van der Waals surface area (Å²) in [6, 6.07) is -0.833. The standard InChI is InChI=1S/C73H133NO13/c1-3-5-7-9-11-13-15-17-19-21-23-25-27-29-30-31-32-33-35-37-39-41-43-45-47-49-51-53-55-57-65(78)74-61(60-84-72-70(83)68(81)71(64(59-76)86-72)87-73-69(82)67(80)66(79)63(58-75)85-73)62(77)56-54-52-50-48-46-44-42-40-38-36-34-28-26-24-22-20-18-16-14-12-10-8-6-4-2/h5,7,11,13,17,19,23,25,29-30,61-64,66-73,75-77,79-83H,3-4,6,8-10,12,14-16,18,20-22,24,26-28,31-60H2,1-2H3,(H,74,78)/b7-5-,13-11-,19-17-,25-23-,30-29-. The third-order valence-electron chi connectivity index (χ3n) is 17.5. The van der Waals surface area contributed by atoms with Gasteiger partial charge in [-0.25, -0.2) is 0 Å². The Labute approximate surface area is 530 Å². The van der Waals surface area contributed by atoms with Crippen LogP contribution in [0.15, 0.2) is 60.8 Å². The summed E-state index contributed by atoms with van der Waals surface area (Å²) < 4.78 is 22.9. The van der Waals surface area contributed by atoms with E-state index in [2.05, 4.69) is 79.9 Å². The second kappa shape index (κ2) is 57.6. The highest BCUT2D eigenvalue weighted by Gasteiger charge is 2.51. The number of ether oxygens (including phenoxy) is 4. The summed E-state index contributed by atoms with van der Waals surface area (Å²) in [6.45, 7) is 2.79. The maximum atomic E-state index is 13.4. The SMILES string of the molecule is CC/C=C\C/C=C\C/C=C\C/C=C\C/C=C\CCCCCCCCCCCCCCCC(=O)NC(COC1OC(CO)C(OC2OC(CO)C(O)C(O)C2O)C(O)C1O)C(O)CCCCCCCCCCCCCCCCCCCCCCCCCC. The van der Waals surface area contributed by atoms with Crippen molar-refractivity contribution in [3.05, 3.63) is 60.8 Å². The summed E-state index contributed by atoms with van der Waals surface area (Å²) in [5.74, 6) is -0.206. The van der Waals surface area contributed by atoms with Gasteiger partial charge < -0.3 is 65.1 Å². The number of allylic oxidation sites excluding steroid dienone is 10. The Bertz CT molecular complexity index is 1690. The summed E-state index contributed by atoms with van der Waals surface area (Å²) in [4.78, 5) is 13.4. The number of carbonyl (C=O) groups is 1. The minimum Gasteiger partial charge on any atom is -0.394 e. The van der Waals surface area contributed by atoms with Crippen LogP contribution in [0.25, 0.3) is 0 Å². The van der Waals surface area contributed by atoms with Gasteiger partial charge in [0.05, 0.1) is 32.0 Å². The highest BCUT2D eigenvalue weighted by Crippen LogP contribution is 2.30. The Hall–Kier alpha value is -2.31. The molecule has 9 N–H and O–H groups in total. The van der Waals surface area contributed by atoms with Crippen molar-refractivity contribution in [3.8, 4) is 0 Å². The van der Waals surface area contributed by atoms with Crippen molar-refractivity contribution in [3.63, 3.8) is 0 Å². The number of amides is 1. The van der Waals surface area contributed by atoms with E-state index in [1.807, 2.05) is 0 Å². The lowest BCUT2D eigenvalue weighted by Crippen LogP contribution is -2.65. The summed E-state index contributed by atoms with van der Waals surface area (Å²) in [5.41, 5.74) is 0. The first-order valence-electron chi connectivity index (χ1n) is 36.0. The van der Waals surface area contributed by atoms with Crippen molar-refractivity contribution in [2.45, 2.75) is 376 Å². The van der Waals surface area contributed by atoms with E-state index in [9.17, 15) is 45.6 Å². The Morgan fingerprint density at radius 1 is 0.425 bits per heavy atom. The molecule has 1 amide bonds. The summed E-state index contributed by atoms with van der Waals surface area (Å²) in [5, 5.41) is 87.7. The number of unbranched alkanes of at least 4 members (excludes halogenated alkanes) is 36. The van der Waals surface area contributed by atoms with Gasteiger partial charge >= 0.3 is 0 Å². The number of carbonyl (C=O) groups excluding carboxylic acids is 1. The van der Waals surface area contributed by atoms with Crippen LogP contribution in [0.1, 0.15) is 303 Å². The van der Waals surface area contributed by atoms with E-state index in [0.717, 1.165) is 83.5 Å². The lowest BCUT2D eigenvalue weighted by Gasteiger charge is -2.46. The predicted octanol–water partition coefficient (Wildman–Crippen LogP) is 14.8. The van der Waals surface area contributed by atoms with Crippen molar-refractivity contribution in [1.29, 1.82) is 0 Å². The minimum atomic E-state index is -1.78. The van der Waals surface area contributed by atoms with E-state index in [1.165, 1.54) is 193 Å². The van der Waals surface area contributed by atoms with Crippen LogP contribution >= 0.6 is 0 Å². The molecule has 0 saturated carbocycles. The minimum absolute atomic E-state index is 0.206. The number of hydrogen-bond acceptors (Lipinski definition) is 13. The predicted molar refractivity (Wildman–Crippen MR) is 355 cm³/mol. The fraction of sp³-hybridized carbons (Fsp3) is 0.849. The Morgan fingerprint density at radius 2 is 0.793 bits per heavy atom. The maximum absolute atomic E-state index is 13.4. The zero-order chi connectivity index (χ0) is 63.1. The van der Waals surface area contributed by atoms with Crippen LogP contribution in [-0.4, -0.2) is 140 Å². The largest absolute Gasteiger partial charge is 0.394 e. The summed E-state index contributed by atoms with van der Waals surface area (Å²) in [7, 11) is 0. The fourth-order valence-corrected chi connectivity index (χ4v) is 11.8. The Balaban J connectivity index is 1.66. The quantitative estimate of drug-likeness (QED) is 0.0204. The first-order valence-corrected chi connectivity index (χ1v) is 36.0. The third kappa shape index (κ3) is 41.7. The lowest BCUT2D eigenvalue weighted by atomic mass is 9.97. The number of nitrogens with one attached hydrogen (secondary N) is 1. The van der Waals surface area contributed by atoms with Crippen LogP contribution in [0.2, 0.25) is 0 Å². The van der Waals surface area contributed by atoms with E-state index in [1.54, 1.807) is 0 Å². The molecule has 2 aliphatic heterocycles. The average Bonchev–Trinajstić information content (AvgIpc) is 1.55. The molecule has 0 aliphatic carbocycles. The van der Waals surface area contributed by atoms with Crippen LogP contribution < -0.4 is 5.32 Å². The number of aliphatic hydroxyl groups is 8. The number of rotatable bonds is 59. The molecule has 87 heavy (non-hydrogen) atoms. The van der Waals surface area contributed by atoms with Crippen molar-refractivity contribution in [2.75, 3.05) is 19.8 Å². The topological polar surface area (TPSA) is 228 Å². The van der Waals surface area contributed by atoms with Crippen LogP contribution in [0.3, 0.4) is 0 Å². The van der Waals surface area contributed by atoms with Crippen LogP contribution in [0, 0.1) is 0 Å². The maximum Gasteiger partial charge on any atom is 0.220 e. The molecule has 14 heteroatoms. The van der Waals surface area contributed by atoms with Crippen molar-refractivity contribution in [1.82, 2.24) is 5.32 Å². The molecule has 14 nitrogen and oxygen atoms in total. The molecule has 508 valence electrons. The first-order chi connectivity index (χ1) is 42.6. The van der Waals surface area contributed by atoms with Crippen molar-refractivity contribution in [2.24, 2.45) is 0 Å². The highest BCUT2D eigenvalue weighted by atomic mass is 16.7. The fourth-order valence-electron chi connectivity index (χ4n) is 11.8. The third-order valence-corrected chi connectivity index (χ3v) is 17.5.